The number of anilines is 1. The molecular weight excluding hydrogens is 349 g/mol. The minimum atomic E-state index is -0.0889. The predicted octanol–water partition coefficient (Wildman–Crippen LogP) is 3.18. The van der Waals surface area contributed by atoms with Crippen LogP contribution in [0.5, 0.6) is 0 Å². The van der Waals surface area contributed by atoms with Crippen molar-refractivity contribution in [1.82, 2.24) is 10.2 Å². The summed E-state index contributed by atoms with van der Waals surface area (Å²) >= 11 is 6.17. The number of halogens is 2. The molecule has 2 rings (SSSR count). The maximum atomic E-state index is 12.4. The van der Waals surface area contributed by atoms with Crippen molar-refractivity contribution in [3.63, 3.8) is 0 Å². The average molecular weight is 374 g/mol. The van der Waals surface area contributed by atoms with E-state index in [0.29, 0.717) is 16.3 Å². The van der Waals surface area contributed by atoms with Gasteiger partial charge in [0.1, 0.15) is 0 Å². The number of piperidine rings is 1. The highest BCUT2D eigenvalue weighted by Crippen LogP contribution is 2.25. The lowest BCUT2D eigenvalue weighted by Gasteiger charge is -2.23. The van der Waals surface area contributed by atoms with Gasteiger partial charge in [-0.25, -0.2) is 0 Å². The molecule has 7 heteroatoms. The Morgan fingerprint density at radius 1 is 1.29 bits per heavy atom. The number of hydrogen-bond donors (Lipinski definition) is 2. The van der Waals surface area contributed by atoms with Gasteiger partial charge >= 0.3 is 0 Å². The van der Waals surface area contributed by atoms with Crippen LogP contribution in [0, 0.1) is 5.92 Å². The zero-order chi connectivity index (χ0) is 17.0. The van der Waals surface area contributed by atoms with Crippen LogP contribution in [0.1, 0.15) is 37.0 Å². The van der Waals surface area contributed by atoms with Gasteiger partial charge in [0.15, 0.2) is 0 Å². The molecule has 1 aromatic rings. The molecule has 5 nitrogen and oxygen atoms in total. The lowest BCUT2D eigenvalue weighted by atomic mass is 9.97. The molecule has 1 saturated heterocycles. The fraction of sp³-hybridized carbons (Fsp3) is 0.529. The van der Waals surface area contributed by atoms with Crippen LogP contribution < -0.4 is 10.6 Å². The summed E-state index contributed by atoms with van der Waals surface area (Å²) in [6.45, 7) is 5.61. The molecule has 0 atom stereocenters. The molecule has 134 valence electrons. The molecule has 0 saturated carbocycles. The number of carbonyl (C=O) groups is 2. The number of benzene rings is 1. The second-order valence-corrected chi connectivity index (χ2v) is 6.63. The largest absolute Gasteiger partial charge is 0.339 e. The minimum Gasteiger partial charge on any atom is -0.339 e. The van der Waals surface area contributed by atoms with E-state index >= 15 is 0 Å². The van der Waals surface area contributed by atoms with Gasteiger partial charge in [-0.3, -0.25) is 9.59 Å². The van der Waals surface area contributed by atoms with Crippen molar-refractivity contribution >= 4 is 41.5 Å². The van der Waals surface area contributed by atoms with Crippen molar-refractivity contribution in [2.75, 3.05) is 25.5 Å². The topological polar surface area (TPSA) is 61.4 Å². The first kappa shape index (κ1) is 20.7. The van der Waals surface area contributed by atoms with Crippen molar-refractivity contribution in [2.45, 2.75) is 32.7 Å². The second kappa shape index (κ2) is 9.25. The summed E-state index contributed by atoms with van der Waals surface area (Å²) in [5.41, 5.74) is 1.02. The molecule has 0 spiro atoms. The molecule has 0 bridgehead atoms. The van der Waals surface area contributed by atoms with Gasteiger partial charge in [-0.05, 0) is 58.0 Å². The van der Waals surface area contributed by atoms with E-state index in [4.69, 9.17) is 11.6 Å². The van der Waals surface area contributed by atoms with Crippen molar-refractivity contribution < 1.29 is 9.59 Å². The quantitative estimate of drug-likeness (QED) is 0.851. The maximum absolute atomic E-state index is 12.4. The average Bonchev–Trinajstić information content (AvgIpc) is 2.56. The number of amides is 2. The SMILES string of the molecule is CC(C)N(C)C(=O)c1ccc(Cl)c(NC(=O)C2CCNCC2)c1.Cl. The van der Waals surface area contributed by atoms with Gasteiger partial charge in [-0.15, -0.1) is 12.4 Å². The Balaban J connectivity index is 0.00000288. The Hall–Kier alpha value is -1.30. The van der Waals surface area contributed by atoms with E-state index in [9.17, 15) is 9.59 Å². The predicted molar refractivity (Wildman–Crippen MR) is 100 cm³/mol. The third kappa shape index (κ3) is 5.10. The van der Waals surface area contributed by atoms with Gasteiger partial charge in [0.05, 0.1) is 10.7 Å². The van der Waals surface area contributed by atoms with Gasteiger partial charge < -0.3 is 15.5 Å². The zero-order valence-electron chi connectivity index (χ0n) is 14.3. The molecule has 1 aromatic carbocycles. The van der Waals surface area contributed by atoms with Crippen molar-refractivity contribution in [1.29, 1.82) is 0 Å². The van der Waals surface area contributed by atoms with E-state index in [-0.39, 0.29) is 36.2 Å². The summed E-state index contributed by atoms with van der Waals surface area (Å²) < 4.78 is 0. The minimum absolute atomic E-state index is 0. The first-order chi connectivity index (χ1) is 10.9. The van der Waals surface area contributed by atoms with Gasteiger partial charge in [-0.1, -0.05) is 11.6 Å². The number of nitrogens with one attached hydrogen (secondary N) is 2. The van der Waals surface area contributed by atoms with E-state index < -0.39 is 0 Å². The van der Waals surface area contributed by atoms with E-state index in [0.717, 1.165) is 25.9 Å². The molecule has 1 fully saturated rings. The Bertz CT molecular complexity index is 587. The van der Waals surface area contributed by atoms with E-state index in [1.807, 2.05) is 13.8 Å². The number of hydrogen-bond acceptors (Lipinski definition) is 3. The van der Waals surface area contributed by atoms with E-state index in [1.165, 1.54) is 0 Å². The van der Waals surface area contributed by atoms with E-state index in [2.05, 4.69) is 10.6 Å². The zero-order valence-corrected chi connectivity index (χ0v) is 15.8. The Labute approximate surface area is 154 Å². The van der Waals surface area contributed by atoms with Gasteiger partial charge in [-0.2, -0.15) is 0 Å². The van der Waals surface area contributed by atoms with Crippen LogP contribution in [0.25, 0.3) is 0 Å². The molecular formula is C17H25Cl2N3O2. The number of carbonyl (C=O) groups excluding carboxylic acids is 2. The maximum Gasteiger partial charge on any atom is 0.253 e. The standard InChI is InChI=1S/C17H24ClN3O2.ClH/c1-11(2)21(3)17(23)13-4-5-14(18)15(10-13)20-16(22)12-6-8-19-9-7-12;/h4-5,10-12,19H,6-9H2,1-3H3,(H,20,22);1H. The van der Waals surface area contributed by atoms with Crippen LogP contribution in [-0.2, 0) is 4.79 Å². The van der Waals surface area contributed by atoms with Crippen molar-refractivity contribution in [3.8, 4) is 0 Å². The molecule has 1 aliphatic heterocycles. The third-order valence-electron chi connectivity index (χ3n) is 4.28. The Morgan fingerprint density at radius 3 is 2.50 bits per heavy atom. The summed E-state index contributed by atoms with van der Waals surface area (Å²) in [7, 11) is 1.76. The molecule has 0 radical (unpaired) electrons. The summed E-state index contributed by atoms with van der Waals surface area (Å²) in [6.07, 6.45) is 1.64. The van der Waals surface area contributed by atoms with Gasteiger partial charge in [0.25, 0.3) is 5.91 Å². The molecule has 0 unspecified atom stereocenters. The summed E-state index contributed by atoms with van der Waals surface area (Å²) in [6, 6.07) is 5.10. The van der Waals surface area contributed by atoms with Crippen LogP contribution in [0.4, 0.5) is 5.69 Å². The third-order valence-corrected chi connectivity index (χ3v) is 4.61. The van der Waals surface area contributed by atoms with Crippen LogP contribution in [0.15, 0.2) is 18.2 Å². The second-order valence-electron chi connectivity index (χ2n) is 6.22. The first-order valence-corrected chi connectivity index (χ1v) is 8.36. The molecule has 2 amide bonds. The molecule has 2 N–H and O–H groups in total. The summed E-state index contributed by atoms with van der Waals surface area (Å²) in [5, 5.41) is 6.55. The monoisotopic (exact) mass is 373 g/mol. The van der Waals surface area contributed by atoms with E-state index in [1.54, 1.807) is 30.1 Å². The van der Waals surface area contributed by atoms with Crippen LogP contribution in [0.3, 0.4) is 0 Å². The summed E-state index contributed by atoms with van der Waals surface area (Å²) in [5.74, 6) is -0.130. The van der Waals surface area contributed by atoms with Crippen LogP contribution in [-0.4, -0.2) is 42.9 Å². The Morgan fingerprint density at radius 2 is 1.92 bits per heavy atom. The van der Waals surface area contributed by atoms with Crippen molar-refractivity contribution in [2.24, 2.45) is 5.92 Å². The van der Waals surface area contributed by atoms with Gasteiger partial charge in [0, 0.05) is 24.6 Å². The number of rotatable bonds is 4. The summed E-state index contributed by atoms with van der Waals surface area (Å²) in [4.78, 5) is 26.4. The molecule has 1 heterocycles. The smallest absolute Gasteiger partial charge is 0.253 e. The molecule has 0 aromatic heterocycles. The highest BCUT2D eigenvalue weighted by Gasteiger charge is 2.22. The normalized spacial score (nSPS) is 14.9. The van der Waals surface area contributed by atoms with Gasteiger partial charge in [0.2, 0.25) is 5.91 Å². The fourth-order valence-corrected chi connectivity index (χ4v) is 2.68. The van der Waals surface area contributed by atoms with Crippen LogP contribution in [0.2, 0.25) is 5.02 Å². The van der Waals surface area contributed by atoms with Crippen molar-refractivity contribution in [3.05, 3.63) is 28.8 Å². The lowest BCUT2D eigenvalue weighted by Crippen LogP contribution is -2.35. The molecule has 0 aliphatic carbocycles. The highest BCUT2D eigenvalue weighted by molar-refractivity contribution is 6.33. The first-order valence-electron chi connectivity index (χ1n) is 7.98. The molecule has 24 heavy (non-hydrogen) atoms. The lowest BCUT2D eigenvalue weighted by molar-refractivity contribution is -0.120. The van der Waals surface area contributed by atoms with Crippen LogP contribution >= 0.6 is 24.0 Å². The fourth-order valence-electron chi connectivity index (χ4n) is 2.51. The number of nitrogens with zero attached hydrogens (tertiary/aromatic N) is 1. The molecule has 1 aliphatic rings. The Kier molecular flexibility index (Phi) is 8.00. The highest BCUT2D eigenvalue weighted by atomic mass is 35.5.